The zero-order valence-electron chi connectivity index (χ0n) is 12.0. The number of aliphatic carboxylic acids is 1. The smallest absolute Gasteiger partial charge is 0.323 e. The monoisotopic (exact) mass is 273 g/mol. The van der Waals surface area contributed by atoms with E-state index in [9.17, 15) is 14.4 Å². The molecule has 0 atom stereocenters. The van der Waals surface area contributed by atoms with Crippen LogP contribution in [0, 0.1) is 0 Å². The Hall–Kier alpha value is -1.79. The first-order valence-electron chi connectivity index (χ1n) is 6.36. The predicted molar refractivity (Wildman–Crippen MR) is 70.8 cm³/mol. The van der Waals surface area contributed by atoms with Crippen LogP contribution in [-0.2, 0) is 9.59 Å². The molecule has 0 aliphatic heterocycles. The van der Waals surface area contributed by atoms with Crippen LogP contribution in [0.4, 0.5) is 4.79 Å². The van der Waals surface area contributed by atoms with E-state index in [0.717, 1.165) is 0 Å². The van der Waals surface area contributed by atoms with Gasteiger partial charge in [0.15, 0.2) is 0 Å². The number of carboxylic acid groups (broad SMARTS) is 1. The molecule has 0 saturated heterocycles. The van der Waals surface area contributed by atoms with Crippen LogP contribution in [-0.4, -0.2) is 77.5 Å². The minimum atomic E-state index is -1.07. The zero-order chi connectivity index (χ0) is 15.0. The third-order valence-electron chi connectivity index (χ3n) is 2.79. The Morgan fingerprint density at radius 1 is 0.895 bits per heavy atom. The number of carbonyl (C=O) groups is 3. The normalized spacial score (nSPS) is 9.89. The highest BCUT2D eigenvalue weighted by Gasteiger charge is 2.22. The summed E-state index contributed by atoms with van der Waals surface area (Å²) in [4.78, 5) is 38.5. The summed E-state index contributed by atoms with van der Waals surface area (Å²) in [7, 11) is 1.49. The summed E-state index contributed by atoms with van der Waals surface area (Å²) in [5.41, 5.74) is 0. The summed E-state index contributed by atoms with van der Waals surface area (Å²) >= 11 is 0. The summed E-state index contributed by atoms with van der Waals surface area (Å²) in [6, 6.07) is -0.453. The van der Waals surface area contributed by atoms with Crippen LogP contribution in [0.25, 0.3) is 0 Å². The Labute approximate surface area is 113 Å². The fourth-order valence-corrected chi connectivity index (χ4v) is 1.67. The van der Waals surface area contributed by atoms with Gasteiger partial charge in [-0.2, -0.15) is 0 Å². The Morgan fingerprint density at radius 3 is 1.74 bits per heavy atom. The summed E-state index contributed by atoms with van der Waals surface area (Å²) < 4.78 is 0. The van der Waals surface area contributed by atoms with Gasteiger partial charge in [0.05, 0.1) is 0 Å². The van der Waals surface area contributed by atoms with Gasteiger partial charge < -0.3 is 19.8 Å². The fourth-order valence-electron chi connectivity index (χ4n) is 1.67. The van der Waals surface area contributed by atoms with E-state index in [-0.39, 0.29) is 25.5 Å². The topological polar surface area (TPSA) is 81.2 Å². The van der Waals surface area contributed by atoms with Crippen molar-refractivity contribution < 1.29 is 19.5 Å². The molecule has 0 radical (unpaired) electrons. The Kier molecular flexibility index (Phi) is 7.55. The predicted octanol–water partition coefficient (Wildman–Crippen LogP) is 0.313. The van der Waals surface area contributed by atoms with E-state index < -0.39 is 12.0 Å². The Balaban J connectivity index is 4.55. The molecule has 0 aromatic carbocycles. The van der Waals surface area contributed by atoms with Gasteiger partial charge in [-0.25, -0.2) is 4.79 Å². The molecule has 0 bridgehead atoms. The molecule has 0 saturated carbocycles. The van der Waals surface area contributed by atoms with Crippen LogP contribution in [0.5, 0.6) is 0 Å². The quantitative estimate of drug-likeness (QED) is 0.724. The lowest BCUT2D eigenvalue weighted by atomic mass is 10.4. The van der Waals surface area contributed by atoms with Gasteiger partial charge in [0, 0.05) is 26.7 Å². The molecular weight excluding hydrogens is 250 g/mol. The molecule has 0 aromatic heterocycles. The molecule has 0 aromatic rings. The number of urea groups is 1. The van der Waals surface area contributed by atoms with Gasteiger partial charge in [0.1, 0.15) is 13.1 Å². The number of amides is 3. The van der Waals surface area contributed by atoms with E-state index in [2.05, 4.69) is 0 Å². The second kappa shape index (κ2) is 8.34. The van der Waals surface area contributed by atoms with Crippen LogP contribution >= 0.6 is 0 Å². The highest BCUT2D eigenvalue weighted by atomic mass is 16.4. The van der Waals surface area contributed by atoms with Gasteiger partial charge in [-0.05, 0) is 20.8 Å². The van der Waals surface area contributed by atoms with E-state index in [4.69, 9.17) is 5.11 Å². The summed E-state index contributed by atoms with van der Waals surface area (Å²) in [5.74, 6) is -1.22. The Bertz CT molecular complexity index is 329. The lowest BCUT2D eigenvalue weighted by Crippen LogP contribution is -2.47. The molecular formula is C12H23N3O4. The van der Waals surface area contributed by atoms with Crippen LogP contribution in [0.1, 0.15) is 20.8 Å². The molecule has 0 heterocycles. The van der Waals surface area contributed by atoms with E-state index in [1.807, 2.05) is 13.8 Å². The largest absolute Gasteiger partial charge is 0.480 e. The second-order valence-electron chi connectivity index (χ2n) is 4.11. The maximum absolute atomic E-state index is 12.0. The van der Waals surface area contributed by atoms with Crippen molar-refractivity contribution in [3.05, 3.63) is 0 Å². The second-order valence-corrected chi connectivity index (χ2v) is 4.11. The van der Waals surface area contributed by atoms with E-state index in [1.165, 1.54) is 16.8 Å². The number of nitrogens with zero attached hydrogens (tertiary/aromatic N) is 3. The van der Waals surface area contributed by atoms with Crippen molar-refractivity contribution >= 4 is 17.9 Å². The van der Waals surface area contributed by atoms with Gasteiger partial charge in [-0.3, -0.25) is 9.59 Å². The molecule has 7 nitrogen and oxygen atoms in total. The first-order chi connectivity index (χ1) is 8.87. The number of hydrogen-bond donors (Lipinski definition) is 1. The third kappa shape index (κ3) is 5.58. The lowest BCUT2D eigenvalue weighted by molar-refractivity contribution is -0.137. The summed E-state index contributed by atoms with van der Waals surface area (Å²) in [5, 5.41) is 8.70. The first-order valence-corrected chi connectivity index (χ1v) is 6.36. The van der Waals surface area contributed by atoms with E-state index in [0.29, 0.717) is 13.1 Å². The third-order valence-corrected chi connectivity index (χ3v) is 2.79. The van der Waals surface area contributed by atoms with Crippen LogP contribution < -0.4 is 0 Å². The molecule has 0 aliphatic carbocycles. The van der Waals surface area contributed by atoms with Crippen molar-refractivity contribution in [2.45, 2.75) is 20.8 Å². The maximum Gasteiger partial charge on any atom is 0.323 e. The van der Waals surface area contributed by atoms with Gasteiger partial charge in [-0.15, -0.1) is 0 Å². The van der Waals surface area contributed by atoms with Crippen LogP contribution in [0.3, 0.4) is 0 Å². The van der Waals surface area contributed by atoms with Crippen molar-refractivity contribution in [3.63, 3.8) is 0 Å². The van der Waals surface area contributed by atoms with Crippen LogP contribution in [0.15, 0.2) is 0 Å². The number of likely N-dealkylation sites (N-methyl/N-ethyl adjacent to an activating group) is 3. The Morgan fingerprint density at radius 2 is 1.37 bits per heavy atom. The molecule has 19 heavy (non-hydrogen) atoms. The molecule has 7 heteroatoms. The van der Waals surface area contributed by atoms with Crippen molar-refractivity contribution in [3.8, 4) is 0 Å². The zero-order valence-corrected chi connectivity index (χ0v) is 12.0. The van der Waals surface area contributed by atoms with Gasteiger partial charge in [0.25, 0.3) is 0 Å². The average Bonchev–Trinajstić information content (AvgIpc) is 2.36. The standard InChI is InChI=1S/C12H23N3O4/c1-5-14(6-2)10(16)8-13(4)12(19)15(7-3)9-11(17)18/h5-9H2,1-4H3,(H,17,18). The van der Waals surface area contributed by atoms with Crippen molar-refractivity contribution in [2.75, 3.05) is 39.8 Å². The molecule has 110 valence electrons. The molecule has 0 aliphatic rings. The highest BCUT2D eigenvalue weighted by molar-refractivity contribution is 5.85. The lowest BCUT2D eigenvalue weighted by Gasteiger charge is -2.27. The fraction of sp³-hybridized carbons (Fsp3) is 0.750. The van der Waals surface area contributed by atoms with E-state index in [1.54, 1.807) is 11.8 Å². The number of rotatable bonds is 7. The molecule has 0 unspecified atom stereocenters. The van der Waals surface area contributed by atoms with Gasteiger partial charge >= 0.3 is 12.0 Å². The minimum Gasteiger partial charge on any atom is -0.480 e. The first kappa shape index (κ1) is 17.2. The minimum absolute atomic E-state index is 0.0450. The summed E-state index contributed by atoms with van der Waals surface area (Å²) in [6.45, 7) is 6.48. The highest BCUT2D eigenvalue weighted by Crippen LogP contribution is 1.99. The van der Waals surface area contributed by atoms with Crippen molar-refractivity contribution in [2.24, 2.45) is 0 Å². The van der Waals surface area contributed by atoms with Crippen LogP contribution in [0.2, 0.25) is 0 Å². The molecule has 0 rings (SSSR count). The molecule has 1 N–H and O–H groups in total. The van der Waals surface area contributed by atoms with Crippen molar-refractivity contribution in [1.82, 2.24) is 14.7 Å². The molecule has 3 amide bonds. The molecule has 0 spiro atoms. The number of carbonyl (C=O) groups excluding carboxylic acids is 2. The molecule has 0 fully saturated rings. The summed E-state index contributed by atoms with van der Waals surface area (Å²) in [6.07, 6.45) is 0. The maximum atomic E-state index is 12.0. The number of carboxylic acids is 1. The van der Waals surface area contributed by atoms with Gasteiger partial charge in [-0.1, -0.05) is 0 Å². The van der Waals surface area contributed by atoms with Gasteiger partial charge in [0.2, 0.25) is 5.91 Å². The number of hydrogen-bond acceptors (Lipinski definition) is 3. The SMILES string of the molecule is CCN(CC)C(=O)CN(C)C(=O)N(CC)CC(=O)O. The average molecular weight is 273 g/mol. The van der Waals surface area contributed by atoms with Crippen molar-refractivity contribution in [1.29, 1.82) is 0 Å². The van der Waals surface area contributed by atoms with E-state index >= 15 is 0 Å².